The minimum atomic E-state index is -0.334. The van der Waals surface area contributed by atoms with Crippen molar-refractivity contribution in [1.29, 1.82) is 0 Å². The Labute approximate surface area is 77.0 Å². The molecule has 0 amide bonds. The van der Waals surface area contributed by atoms with Crippen molar-refractivity contribution in [1.82, 2.24) is 9.78 Å². The average molecular weight is 189 g/mol. The largest absolute Gasteiger partial charge is 0.391 e. The Hall–Kier alpha value is -0.540. The van der Waals surface area contributed by atoms with Gasteiger partial charge in [-0.1, -0.05) is 18.5 Å². The predicted molar refractivity (Wildman–Crippen MR) is 48.3 cm³/mol. The van der Waals surface area contributed by atoms with Crippen LogP contribution in [-0.4, -0.2) is 21.0 Å². The molecule has 0 bridgehead atoms. The Morgan fingerprint density at radius 1 is 1.75 bits per heavy atom. The highest BCUT2D eigenvalue weighted by Gasteiger charge is 2.07. The van der Waals surface area contributed by atoms with Crippen LogP contribution in [0.1, 0.15) is 19.0 Å². The fourth-order valence-corrected chi connectivity index (χ4v) is 1.08. The number of aliphatic hydroxyl groups excluding tert-OH is 1. The highest BCUT2D eigenvalue weighted by molar-refractivity contribution is 6.31. The van der Waals surface area contributed by atoms with Gasteiger partial charge in [0.15, 0.2) is 0 Å². The molecule has 0 radical (unpaired) electrons. The second-order valence-corrected chi connectivity index (χ2v) is 3.23. The van der Waals surface area contributed by atoms with Crippen molar-refractivity contribution in [2.45, 2.75) is 32.9 Å². The molecule has 0 spiro atoms. The molecule has 1 N–H and O–H groups in total. The molecular weight excluding hydrogens is 176 g/mol. The van der Waals surface area contributed by atoms with Crippen molar-refractivity contribution in [2.75, 3.05) is 0 Å². The molecule has 1 unspecified atom stereocenters. The van der Waals surface area contributed by atoms with Crippen molar-refractivity contribution in [3.63, 3.8) is 0 Å². The maximum Gasteiger partial charge on any atom is 0.0814 e. The molecule has 1 atom stereocenters. The topological polar surface area (TPSA) is 38.0 Å². The van der Waals surface area contributed by atoms with Crippen LogP contribution in [-0.2, 0) is 6.54 Å². The zero-order valence-electron chi connectivity index (χ0n) is 7.29. The number of hydrogen-bond donors (Lipinski definition) is 1. The molecule has 0 aliphatic heterocycles. The first kappa shape index (κ1) is 9.55. The van der Waals surface area contributed by atoms with E-state index in [0.717, 1.165) is 12.1 Å². The van der Waals surface area contributed by atoms with Crippen LogP contribution in [0.25, 0.3) is 0 Å². The molecular formula is C8H13ClN2O. The van der Waals surface area contributed by atoms with Crippen molar-refractivity contribution < 1.29 is 5.11 Å². The van der Waals surface area contributed by atoms with Crippen LogP contribution in [0.4, 0.5) is 0 Å². The fourth-order valence-electron chi connectivity index (χ4n) is 0.936. The molecule has 0 saturated heterocycles. The minimum absolute atomic E-state index is 0.334. The van der Waals surface area contributed by atoms with Gasteiger partial charge in [0.2, 0.25) is 0 Å². The lowest BCUT2D eigenvalue weighted by Gasteiger charge is -2.08. The van der Waals surface area contributed by atoms with Gasteiger partial charge in [-0.3, -0.25) is 4.68 Å². The Kier molecular flexibility index (Phi) is 3.12. The lowest BCUT2D eigenvalue weighted by Crippen LogP contribution is -2.16. The van der Waals surface area contributed by atoms with Gasteiger partial charge in [0.05, 0.1) is 29.6 Å². The molecule has 68 valence electrons. The molecule has 1 aromatic rings. The van der Waals surface area contributed by atoms with Gasteiger partial charge in [0.1, 0.15) is 0 Å². The summed E-state index contributed by atoms with van der Waals surface area (Å²) in [5, 5.41) is 14.0. The summed E-state index contributed by atoms with van der Waals surface area (Å²) < 4.78 is 1.72. The first-order valence-electron chi connectivity index (χ1n) is 4.01. The fraction of sp³-hybridized carbons (Fsp3) is 0.625. The molecule has 12 heavy (non-hydrogen) atoms. The first-order valence-corrected chi connectivity index (χ1v) is 4.39. The van der Waals surface area contributed by atoms with Gasteiger partial charge in [0, 0.05) is 0 Å². The second-order valence-electron chi connectivity index (χ2n) is 2.82. The summed E-state index contributed by atoms with van der Waals surface area (Å²) in [6.45, 7) is 4.35. The SMILES string of the molecule is CCC(O)Cn1ncc(Cl)c1C. The Morgan fingerprint density at radius 2 is 2.42 bits per heavy atom. The van der Waals surface area contributed by atoms with Gasteiger partial charge in [0.25, 0.3) is 0 Å². The molecule has 1 aromatic heterocycles. The summed E-state index contributed by atoms with van der Waals surface area (Å²) in [5.41, 5.74) is 0.907. The van der Waals surface area contributed by atoms with Crippen molar-refractivity contribution in [3.8, 4) is 0 Å². The van der Waals surface area contributed by atoms with Gasteiger partial charge in [-0.15, -0.1) is 0 Å². The van der Waals surface area contributed by atoms with E-state index in [4.69, 9.17) is 11.6 Å². The monoisotopic (exact) mass is 188 g/mol. The first-order chi connectivity index (χ1) is 5.65. The van der Waals surface area contributed by atoms with E-state index in [1.54, 1.807) is 10.9 Å². The van der Waals surface area contributed by atoms with E-state index in [9.17, 15) is 5.11 Å². The zero-order valence-corrected chi connectivity index (χ0v) is 8.04. The van der Waals surface area contributed by atoms with E-state index >= 15 is 0 Å². The van der Waals surface area contributed by atoms with Crippen LogP contribution < -0.4 is 0 Å². The van der Waals surface area contributed by atoms with Crippen molar-refractivity contribution in [3.05, 3.63) is 16.9 Å². The van der Waals surface area contributed by atoms with Gasteiger partial charge >= 0.3 is 0 Å². The summed E-state index contributed by atoms with van der Waals surface area (Å²) in [7, 11) is 0. The van der Waals surface area contributed by atoms with E-state index in [2.05, 4.69) is 5.10 Å². The Morgan fingerprint density at radius 3 is 2.83 bits per heavy atom. The minimum Gasteiger partial charge on any atom is -0.391 e. The lowest BCUT2D eigenvalue weighted by atomic mass is 10.3. The maximum absolute atomic E-state index is 9.34. The number of rotatable bonds is 3. The summed E-state index contributed by atoms with van der Waals surface area (Å²) in [6, 6.07) is 0. The van der Waals surface area contributed by atoms with Gasteiger partial charge in [-0.25, -0.2) is 0 Å². The van der Waals surface area contributed by atoms with Crippen LogP contribution >= 0.6 is 11.6 Å². The van der Waals surface area contributed by atoms with E-state index in [-0.39, 0.29) is 6.10 Å². The van der Waals surface area contributed by atoms with E-state index < -0.39 is 0 Å². The van der Waals surface area contributed by atoms with E-state index in [1.165, 1.54) is 0 Å². The third-order valence-corrected chi connectivity index (χ3v) is 2.27. The van der Waals surface area contributed by atoms with Gasteiger partial charge in [-0.2, -0.15) is 5.10 Å². The van der Waals surface area contributed by atoms with Crippen molar-refractivity contribution in [2.24, 2.45) is 0 Å². The van der Waals surface area contributed by atoms with E-state index in [1.807, 2.05) is 13.8 Å². The molecule has 1 rings (SSSR count). The normalized spacial score (nSPS) is 13.3. The third kappa shape index (κ3) is 1.99. The molecule has 0 aliphatic rings. The van der Waals surface area contributed by atoms with Crippen LogP contribution in [0.5, 0.6) is 0 Å². The molecule has 0 aliphatic carbocycles. The number of aromatic nitrogens is 2. The molecule has 0 saturated carbocycles. The van der Waals surface area contributed by atoms with Crippen LogP contribution in [0.15, 0.2) is 6.20 Å². The van der Waals surface area contributed by atoms with Crippen molar-refractivity contribution >= 4 is 11.6 Å². The predicted octanol–water partition coefficient (Wildman–Crippen LogP) is 1.62. The number of aliphatic hydroxyl groups is 1. The summed E-state index contributed by atoms with van der Waals surface area (Å²) in [5.74, 6) is 0. The number of nitrogens with zero attached hydrogens (tertiary/aromatic N) is 2. The second kappa shape index (κ2) is 3.92. The quantitative estimate of drug-likeness (QED) is 0.783. The van der Waals surface area contributed by atoms with Crippen LogP contribution in [0, 0.1) is 6.92 Å². The molecule has 0 fully saturated rings. The maximum atomic E-state index is 9.34. The summed E-state index contributed by atoms with van der Waals surface area (Å²) in [4.78, 5) is 0. The molecule has 0 aromatic carbocycles. The highest BCUT2D eigenvalue weighted by Crippen LogP contribution is 2.13. The Balaban J connectivity index is 2.69. The lowest BCUT2D eigenvalue weighted by molar-refractivity contribution is 0.144. The van der Waals surface area contributed by atoms with Gasteiger partial charge < -0.3 is 5.11 Å². The zero-order chi connectivity index (χ0) is 9.14. The van der Waals surface area contributed by atoms with Crippen LogP contribution in [0.2, 0.25) is 5.02 Å². The number of hydrogen-bond acceptors (Lipinski definition) is 2. The smallest absolute Gasteiger partial charge is 0.0814 e. The summed E-state index contributed by atoms with van der Waals surface area (Å²) in [6.07, 6.45) is 2.00. The molecule has 4 heteroatoms. The molecule has 1 heterocycles. The van der Waals surface area contributed by atoms with E-state index in [0.29, 0.717) is 11.6 Å². The van der Waals surface area contributed by atoms with Gasteiger partial charge in [-0.05, 0) is 13.3 Å². The Bertz CT molecular complexity index is 260. The summed E-state index contributed by atoms with van der Waals surface area (Å²) >= 11 is 5.79. The van der Waals surface area contributed by atoms with Crippen LogP contribution in [0.3, 0.4) is 0 Å². The standard InChI is InChI=1S/C8H13ClN2O/c1-3-7(12)5-11-6(2)8(9)4-10-11/h4,7,12H,3,5H2,1-2H3. The third-order valence-electron chi connectivity index (χ3n) is 1.90. The molecule has 3 nitrogen and oxygen atoms in total. The number of halogens is 1. The highest BCUT2D eigenvalue weighted by atomic mass is 35.5. The average Bonchev–Trinajstić information content (AvgIpc) is 2.36.